The number of hydrogen-bond acceptors (Lipinski definition) is 5. The molecule has 1 N–H and O–H groups in total. The summed E-state index contributed by atoms with van der Waals surface area (Å²) >= 11 is 0. The third-order valence-corrected chi connectivity index (χ3v) is 5.98. The molecule has 0 amide bonds. The average Bonchev–Trinajstić information content (AvgIpc) is 3.27. The Kier molecular flexibility index (Phi) is 4.19. The summed E-state index contributed by atoms with van der Waals surface area (Å²) in [6.45, 7) is 1.41. The van der Waals surface area contributed by atoms with E-state index < -0.39 is 22.8 Å². The van der Waals surface area contributed by atoms with Gasteiger partial charge in [-0.05, 0) is 31.0 Å². The molecular weight excluding hydrogens is 391 g/mol. The maximum atomic E-state index is 15.3. The van der Waals surface area contributed by atoms with Crippen LogP contribution in [0.2, 0.25) is 0 Å². The zero-order valence-corrected chi connectivity index (χ0v) is 16.4. The highest BCUT2D eigenvalue weighted by Gasteiger charge is 2.31. The van der Waals surface area contributed by atoms with Crippen molar-refractivity contribution in [1.29, 1.82) is 0 Å². The van der Waals surface area contributed by atoms with E-state index in [2.05, 4.69) is 4.57 Å². The molecule has 1 fully saturated rings. The van der Waals surface area contributed by atoms with Crippen molar-refractivity contribution in [2.24, 2.45) is 0 Å². The van der Waals surface area contributed by atoms with Crippen molar-refractivity contribution in [3.8, 4) is 5.75 Å². The number of hydrogen-bond donors (Lipinski definition) is 1. The summed E-state index contributed by atoms with van der Waals surface area (Å²) in [5.41, 5.74) is -0.395. The number of carbonyl (C=O) groups is 1. The van der Waals surface area contributed by atoms with Crippen molar-refractivity contribution in [3.63, 3.8) is 0 Å². The van der Waals surface area contributed by atoms with Gasteiger partial charge in [0.05, 0.1) is 5.39 Å². The predicted molar refractivity (Wildman–Crippen MR) is 110 cm³/mol. The van der Waals surface area contributed by atoms with Crippen molar-refractivity contribution in [2.45, 2.75) is 18.9 Å². The van der Waals surface area contributed by atoms with E-state index in [0.29, 0.717) is 30.3 Å². The Morgan fingerprint density at radius 1 is 1.23 bits per heavy atom. The van der Waals surface area contributed by atoms with Gasteiger partial charge in [-0.25, -0.2) is 9.18 Å². The summed E-state index contributed by atoms with van der Waals surface area (Å²) in [5, 5.41) is 11.0. The van der Waals surface area contributed by atoms with Gasteiger partial charge in [-0.1, -0.05) is 0 Å². The molecule has 4 heterocycles. The fourth-order valence-electron chi connectivity index (χ4n) is 4.45. The Morgan fingerprint density at radius 2 is 1.93 bits per heavy atom. The number of aromatic nitrogens is 2. The first kappa shape index (κ1) is 18.5. The van der Waals surface area contributed by atoms with Crippen molar-refractivity contribution < 1.29 is 19.0 Å². The standard InChI is InChI=1S/C21H21FN4O4/c1-23-12-30-20-17-14(19(27)15(21(28)29)11-26(17)23)10-16(22)18(20)25-8-4-13(5-9-25)24-6-2-3-7-24/h2-3,6-7,10-11,13H,4-5,8-9,12H2,1H3,(H,28,29). The van der Waals surface area contributed by atoms with Crippen LogP contribution in [0.1, 0.15) is 29.2 Å². The van der Waals surface area contributed by atoms with Crippen molar-refractivity contribution >= 4 is 22.6 Å². The van der Waals surface area contributed by atoms with Gasteiger partial charge in [0.25, 0.3) is 0 Å². The van der Waals surface area contributed by atoms with E-state index >= 15 is 4.39 Å². The van der Waals surface area contributed by atoms with Gasteiger partial charge < -0.3 is 19.3 Å². The van der Waals surface area contributed by atoms with E-state index in [1.54, 1.807) is 16.7 Å². The molecule has 2 aliphatic heterocycles. The largest absolute Gasteiger partial charge is 0.477 e. The maximum Gasteiger partial charge on any atom is 0.341 e. The van der Waals surface area contributed by atoms with Crippen LogP contribution in [0.15, 0.2) is 41.6 Å². The van der Waals surface area contributed by atoms with E-state index in [9.17, 15) is 14.7 Å². The number of nitrogens with zero attached hydrogens (tertiary/aromatic N) is 4. The number of benzene rings is 1. The van der Waals surface area contributed by atoms with Crippen LogP contribution in [0, 0.1) is 5.82 Å². The Morgan fingerprint density at radius 3 is 2.60 bits per heavy atom. The molecule has 2 aliphatic rings. The SMILES string of the molecule is CN1COc2c(N3CCC(n4cccc4)CC3)c(F)cc3c(=O)c(C(=O)O)cn1c23. The number of ether oxygens (including phenoxy) is 1. The lowest BCUT2D eigenvalue weighted by atomic mass is 10.0. The fourth-order valence-corrected chi connectivity index (χ4v) is 4.45. The van der Waals surface area contributed by atoms with Crippen molar-refractivity contribution in [1.82, 2.24) is 9.24 Å². The molecule has 156 valence electrons. The first-order valence-corrected chi connectivity index (χ1v) is 9.82. The number of halogens is 1. The van der Waals surface area contributed by atoms with Crippen LogP contribution >= 0.6 is 0 Å². The highest BCUT2D eigenvalue weighted by atomic mass is 19.1. The normalized spacial score (nSPS) is 16.7. The smallest absolute Gasteiger partial charge is 0.341 e. The van der Waals surface area contributed by atoms with Crippen molar-refractivity contribution in [2.75, 3.05) is 36.8 Å². The number of piperidine rings is 1. The van der Waals surface area contributed by atoms with Crippen LogP contribution in [-0.4, -0.2) is 47.2 Å². The monoisotopic (exact) mass is 412 g/mol. The van der Waals surface area contributed by atoms with Crippen LogP contribution in [0.4, 0.5) is 10.1 Å². The number of rotatable bonds is 3. The van der Waals surface area contributed by atoms with E-state index in [-0.39, 0.29) is 17.9 Å². The Bertz CT molecular complexity index is 1200. The van der Waals surface area contributed by atoms with E-state index in [1.807, 2.05) is 29.4 Å². The minimum atomic E-state index is -1.34. The molecule has 0 radical (unpaired) electrons. The molecule has 30 heavy (non-hydrogen) atoms. The zero-order chi connectivity index (χ0) is 21.0. The van der Waals surface area contributed by atoms with Gasteiger partial charge in [-0.2, -0.15) is 0 Å². The number of anilines is 1. The van der Waals surface area contributed by atoms with Gasteiger partial charge in [0.2, 0.25) is 5.43 Å². The Hall–Kier alpha value is -3.49. The zero-order valence-electron chi connectivity index (χ0n) is 16.4. The average molecular weight is 412 g/mol. The maximum absolute atomic E-state index is 15.3. The first-order valence-electron chi connectivity index (χ1n) is 9.82. The van der Waals surface area contributed by atoms with Crippen LogP contribution in [0.5, 0.6) is 5.75 Å². The molecule has 1 saturated heterocycles. The molecule has 3 aromatic rings. The van der Waals surface area contributed by atoms with E-state index in [1.165, 1.54) is 6.20 Å². The lowest BCUT2D eigenvalue weighted by Gasteiger charge is -2.37. The third kappa shape index (κ3) is 2.72. The topological polar surface area (TPSA) is 79.9 Å². The van der Waals surface area contributed by atoms with Crippen LogP contribution in [0.25, 0.3) is 10.9 Å². The molecule has 8 nitrogen and oxygen atoms in total. The summed E-state index contributed by atoms with van der Waals surface area (Å²) in [6.07, 6.45) is 7.07. The van der Waals surface area contributed by atoms with Gasteiger partial charge in [0.1, 0.15) is 16.8 Å². The quantitative estimate of drug-likeness (QED) is 0.712. The third-order valence-electron chi connectivity index (χ3n) is 5.98. The summed E-state index contributed by atoms with van der Waals surface area (Å²) in [5.74, 6) is -1.63. The second-order valence-corrected chi connectivity index (χ2v) is 7.73. The fraction of sp³-hybridized carbons (Fsp3) is 0.333. The van der Waals surface area contributed by atoms with Gasteiger partial charge in [0, 0.05) is 44.8 Å². The van der Waals surface area contributed by atoms with Crippen LogP contribution in [-0.2, 0) is 0 Å². The lowest BCUT2D eigenvalue weighted by molar-refractivity contribution is 0.0694. The second-order valence-electron chi connectivity index (χ2n) is 7.73. The summed E-state index contributed by atoms with van der Waals surface area (Å²) in [4.78, 5) is 26.1. The highest BCUT2D eigenvalue weighted by Crippen LogP contribution is 2.41. The molecule has 1 aromatic carbocycles. The van der Waals surface area contributed by atoms with Gasteiger partial charge in [0.15, 0.2) is 18.3 Å². The van der Waals surface area contributed by atoms with Crippen molar-refractivity contribution in [3.05, 3.63) is 58.4 Å². The van der Waals surface area contributed by atoms with Crippen LogP contribution in [0.3, 0.4) is 0 Å². The van der Waals surface area contributed by atoms with E-state index in [4.69, 9.17) is 4.74 Å². The van der Waals surface area contributed by atoms with Crippen LogP contribution < -0.4 is 20.1 Å². The lowest BCUT2D eigenvalue weighted by Crippen LogP contribution is -2.41. The summed E-state index contributed by atoms with van der Waals surface area (Å²) in [7, 11) is 1.71. The number of aromatic carboxylic acids is 1. The molecule has 0 aliphatic carbocycles. The van der Waals surface area contributed by atoms with Gasteiger partial charge in [-0.15, -0.1) is 0 Å². The molecule has 9 heteroatoms. The first-order chi connectivity index (χ1) is 14.5. The van der Waals surface area contributed by atoms with Gasteiger partial charge in [-0.3, -0.25) is 14.5 Å². The molecular formula is C21H21FN4O4. The Labute approximate surface area is 171 Å². The summed E-state index contributed by atoms with van der Waals surface area (Å²) < 4.78 is 24.9. The minimum Gasteiger partial charge on any atom is -0.477 e. The molecule has 0 atom stereocenters. The molecule has 2 aromatic heterocycles. The molecule has 0 saturated carbocycles. The number of carboxylic acid groups (broad SMARTS) is 1. The predicted octanol–water partition coefficient (Wildman–Crippen LogP) is 2.40. The second kappa shape index (κ2) is 6.79. The number of carboxylic acids is 1. The molecule has 0 unspecified atom stereocenters. The number of pyridine rings is 1. The van der Waals surface area contributed by atoms with Gasteiger partial charge >= 0.3 is 5.97 Å². The minimum absolute atomic E-state index is 0.0000675. The molecule has 0 spiro atoms. The summed E-state index contributed by atoms with van der Waals surface area (Å²) in [6, 6.07) is 5.49. The molecule has 0 bridgehead atoms. The molecule has 5 rings (SSSR count). The Balaban J connectivity index is 1.61. The highest BCUT2D eigenvalue weighted by molar-refractivity contribution is 5.97. The van der Waals surface area contributed by atoms with E-state index in [0.717, 1.165) is 18.9 Å².